The summed E-state index contributed by atoms with van der Waals surface area (Å²) in [4.78, 5) is 26.0. The second kappa shape index (κ2) is 6.93. The molecule has 1 aromatic carbocycles. The molecule has 4 N–H and O–H groups in total. The Morgan fingerprint density at radius 2 is 1.64 bits per heavy atom. The first-order valence-electron chi connectivity index (χ1n) is 7.16. The standard InChI is InChI=1S/C15H20N4O3/c16-14(17)12-4-1-11(2-5-12)3-6-13(20)18-7-9-19(10-8-18)15(21)22/h1-2,4-5H,3,6-10H2,(H3,16,17)(H,21,22). The van der Waals surface area contributed by atoms with Crippen molar-refractivity contribution in [3.8, 4) is 0 Å². The third-order valence-electron chi connectivity index (χ3n) is 3.80. The minimum Gasteiger partial charge on any atom is -0.465 e. The molecule has 1 aliphatic heterocycles. The van der Waals surface area contributed by atoms with Crippen LogP contribution in [0, 0.1) is 5.41 Å². The van der Waals surface area contributed by atoms with Crippen LogP contribution in [0.2, 0.25) is 0 Å². The molecule has 7 nitrogen and oxygen atoms in total. The van der Waals surface area contributed by atoms with Gasteiger partial charge in [-0.05, 0) is 12.0 Å². The number of amides is 2. The number of benzene rings is 1. The molecule has 0 aromatic heterocycles. The number of nitrogen functional groups attached to an aromatic ring is 1. The van der Waals surface area contributed by atoms with E-state index in [1.54, 1.807) is 17.0 Å². The fourth-order valence-electron chi connectivity index (χ4n) is 2.41. The van der Waals surface area contributed by atoms with Crippen LogP contribution >= 0.6 is 0 Å². The van der Waals surface area contributed by atoms with Crippen molar-refractivity contribution < 1.29 is 14.7 Å². The SMILES string of the molecule is N=C(N)c1ccc(CCC(=O)N2CCN(C(=O)O)CC2)cc1. The molecule has 118 valence electrons. The monoisotopic (exact) mass is 304 g/mol. The van der Waals surface area contributed by atoms with Crippen molar-refractivity contribution in [3.63, 3.8) is 0 Å². The van der Waals surface area contributed by atoms with E-state index in [9.17, 15) is 9.59 Å². The Morgan fingerprint density at radius 3 is 2.14 bits per heavy atom. The molecule has 2 rings (SSSR count). The number of carboxylic acid groups (broad SMARTS) is 1. The first kappa shape index (κ1) is 15.8. The van der Waals surface area contributed by atoms with Crippen molar-refractivity contribution in [1.82, 2.24) is 9.80 Å². The Hall–Kier alpha value is -2.57. The number of nitrogens with zero attached hydrogens (tertiary/aromatic N) is 2. The molecule has 1 saturated heterocycles. The van der Waals surface area contributed by atoms with Gasteiger partial charge in [0.25, 0.3) is 0 Å². The molecule has 0 unspecified atom stereocenters. The first-order chi connectivity index (χ1) is 10.5. The maximum atomic E-state index is 12.1. The molecule has 1 aromatic rings. The summed E-state index contributed by atoms with van der Waals surface area (Å²) in [5.41, 5.74) is 7.08. The second-order valence-corrected chi connectivity index (χ2v) is 5.26. The molecular formula is C15H20N4O3. The van der Waals surface area contributed by atoms with Gasteiger partial charge in [-0.1, -0.05) is 24.3 Å². The summed E-state index contributed by atoms with van der Waals surface area (Å²) in [5.74, 6) is 0.0691. The molecule has 0 aliphatic carbocycles. The van der Waals surface area contributed by atoms with Crippen LogP contribution in [0.25, 0.3) is 0 Å². The van der Waals surface area contributed by atoms with Gasteiger partial charge in [-0.25, -0.2) is 4.79 Å². The average Bonchev–Trinajstić information content (AvgIpc) is 2.53. The highest BCUT2D eigenvalue weighted by Gasteiger charge is 2.23. The number of carbonyl (C=O) groups is 2. The number of rotatable bonds is 4. The Morgan fingerprint density at radius 1 is 1.09 bits per heavy atom. The van der Waals surface area contributed by atoms with Gasteiger partial charge >= 0.3 is 6.09 Å². The number of carbonyl (C=O) groups excluding carboxylic acids is 1. The molecular weight excluding hydrogens is 284 g/mol. The maximum absolute atomic E-state index is 12.1. The lowest BCUT2D eigenvalue weighted by atomic mass is 10.1. The van der Waals surface area contributed by atoms with Crippen LogP contribution in [0.15, 0.2) is 24.3 Å². The fourth-order valence-corrected chi connectivity index (χ4v) is 2.41. The van der Waals surface area contributed by atoms with Crippen molar-refractivity contribution in [3.05, 3.63) is 35.4 Å². The van der Waals surface area contributed by atoms with Gasteiger partial charge in [-0.15, -0.1) is 0 Å². The van der Waals surface area contributed by atoms with E-state index in [1.165, 1.54) is 4.90 Å². The van der Waals surface area contributed by atoms with Gasteiger partial charge in [-0.2, -0.15) is 0 Å². The van der Waals surface area contributed by atoms with Crippen LogP contribution in [-0.4, -0.2) is 58.9 Å². The summed E-state index contributed by atoms with van der Waals surface area (Å²) in [7, 11) is 0. The predicted molar refractivity (Wildman–Crippen MR) is 82.0 cm³/mol. The summed E-state index contributed by atoms with van der Waals surface area (Å²) >= 11 is 0. The normalized spacial score (nSPS) is 14.7. The number of hydrogen-bond donors (Lipinski definition) is 3. The number of hydrogen-bond acceptors (Lipinski definition) is 3. The van der Waals surface area contributed by atoms with E-state index in [-0.39, 0.29) is 11.7 Å². The van der Waals surface area contributed by atoms with E-state index in [1.807, 2.05) is 12.1 Å². The van der Waals surface area contributed by atoms with E-state index < -0.39 is 6.09 Å². The Labute approximate surface area is 128 Å². The molecule has 22 heavy (non-hydrogen) atoms. The number of nitrogens with two attached hydrogens (primary N) is 1. The Bertz CT molecular complexity index is 563. The summed E-state index contributed by atoms with van der Waals surface area (Å²) in [6, 6.07) is 7.28. The molecule has 0 saturated carbocycles. The van der Waals surface area contributed by atoms with Crippen molar-refractivity contribution in [1.29, 1.82) is 5.41 Å². The predicted octanol–water partition coefficient (Wildman–Crippen LogP) is 0.725. The smallest absolute Gasteiger partial charge is 0.407 e. The molecule has 0 radical (unpaired) electrons. The quantitative estimate of drug-likeness (QED) is 0.562. The van der Waals surface area contributed by atoms with Crippen LogP contribution in [-0.2, 0) is 11.2 Å². The van der Waals surface area contributed by atoms with Crippen molar-refractivity contribution in [2.24, 2.45) is 5.73 Å². The number of aryl methyl sites for hydroxylation is 1. The van der Waals surface area contributed by atoms with Crippen LogP contribution < -0.4 is 5.73 Å². The molecule has 0 bridgehead atoms. The third-order valence-corrected chi connectivity index (χ3v) is 3.80. The van der Waals surface area contributed by atoms with Gasteiger partial charge in [0, 0.05) is 38.2 Å². The van der Waals surface area contributed by atoms with E-state index in [0.717, 1.165) is 5.56 Å². The molecule has 2 amide bonds. The minimum atomic E-state index is -0.933. The van der Waals surface area contributed by atoms with E-state index in [0.29, 0.717) is 44.6 Å². The van der Waals surface area contributed by atoms with Crippen LogP contribution in [0.5, 0.6) is 0 Å². The topological polar surface area (TPSA) is 111 Å². The average molecular weight is 304 g/mol. The van der Waals surface area contributed by atoms with Crippen LogP contribution in [0.1, 0.15) is 17.5 Å². The van der Waals surface area contributed by atoms with Crippen molar-refractivity contribution in [2.75, 3.05) is 26.2 Å². The molecule has 0 atom stereocenters. The van der Waals surface area contributed by atoms with Gasteiger partial charge in [-0.3, -0.25) is 10.2 Å². The Balaban J connectivity index is 1.80. The fraction of sp³-hybridized carbons (Fsp3) is 0.400. The Kier molecular flexibility index (Phi) is 4.98. The molecule has 0 spiro atoms. The molecule has 1 aliphatic rings. The summed E-state index contributed by atoms with van der Waals surface area (Å²) in [6.07, 6.45) is 0.0838. The van der Waals surface area contributed by atoms with Crippen LogP contribution in [0.3, 0.4) is 0 Å². The lowest BCUT2D eigenvalue weighted by Gasteiger charge is -2.33. The summed E-state index contributed by atoms with van der Waals surface area (Å²) in [5, 5.41) is 16.2. The van der Waals surface area contributed by atoms with Gasteiger partial charge in [0.1, 0.15) is 5.84 Å². The third kappa shape index (κ3) is 3.97. The van der Waals surface area contributed by atoms with Gasteiger partial charge in [0.15, 0.2) is 0 Å². The van der Waals surface area contributed by atoms with Crippen molar-refractivity contribution in [2.45, 2.75) is 12.8 Å². The number of piperazine rings is 1. The number of amidine groups is 1. The highest BCUT2D eigenvalue weighted by molar-refractivity contribution is 5.94. The zero-order chi connectivity index (χ0) is 16.1. The van der Waals surface area contributed by atoms with Gasteiger partial charge in [0.05, 0.1) is 0 Å². The van der Waals surface area contributed by atoms with Crippen LogP contribution in [0.4, 0.5) is 4.79 Å². The van der Waals surface area contributed by atoms with E-state index in [2.05, 4.69) is 0 Å². The van der Waals surface area contributed by atoms with Crippen molar-refractivity contribution >= 4 is 17.8 Å². The second-order valence-electron chi connectivity index (χ2n) is 5.26. The number of nitrogens with one attached hydrogen (secondary N) is 1. The molecule has 1 fully saturated rings. The van der Waals surface area contributed by atoms with Gasteiger partial charge < -0.3 is 20.6 Å². The lowest BCUT2D eigenvalue weighted by Crippen LogP contribution is -2.50. The lowest BCUT2D eigenvalue weighted by molar-refractivity contribution is -0.132. The van der Waals surface area contributed by atoms with E-state index in [4.69, 9.17) is 16.2 Å². The maximum Gasteiger partial charge on any atom is 0.407 e. The zero-order valence-electron chi connectivity index (χ0n) is 12.3. The van der Waals surface area contributed by atoms with Gasteiger partial charge in [0.2, 0.25) is 5.91 Å². The largest absolute Gasteiger partial charge is 0.465 e. The zero-order valence-corrected chi connectivity index (χ0v) is 12.3. The first-order valence-corrected chi connectivity index (χ1v) is 7.16. The minimum absolute atomic E-state index is 0.0268. The summed E-state index contributed by atoms with van der Waals surface area (Å²) < 4.78 is 0. The molecule has 1 heterocycles. The van der Waals surface area contributed by atoms with E-state index >= 15 is 0 Å². The highest BCUT2D eigenvalue weighted by Crippen LogP contribution is 2.09. The highest BCUT2D eigenvalue weighted by atomic mass is 16.4. The molecule has 7 heteroatoms. The summed E-state index contributed by atoms with van der Waals surface area (Å²) in [6.45, 7) is 1.64.